The minimum absolute atomic E-state index is 0.0269. The number of para-hydroxylation sites is 2. The van der Waals surface area contributed by atoms with E-state index in [1.54, 1.807) is 30.0 Å². The van der Waals surface area contributed by atoms with Crippen molar-refractivity contribution in [2.24, 2.45) is 0 Å². The second kappa shape index (κ2) is 11.0. The molecule has 6 rings (SSSR count). The van der Waals surface area contributed by atoms with E-state index in [2.05, 4.69) is 25.9 Å². The molecule has 0 spiro atoms. The van der Waals surface area contributed by atoms with Crippen LogP contribution < -0.4 is 16.0 Å². The third-order valence-corrected chi connectivity index (χ3v) is 9.67. The van der Waals surface area contributed by atoms with Gasteiger partial charge in [-0.05, 0) is 54.2 Å². The fourth-order valence-electron chi connectivity index (χ4n) is 4.65. The third kappa shape index (κ3) is 5.68. The Bertz CT molecular complexity index is 1450. The number of furan rings is 1. The summed E-state index contributed by atoms with van der Waals surface area (Å²) in [6.45, 7) is 0.548. The average molecular weight is 585 g/mol. The average Bonchev–Trinajstić information content (AvgIpc) is 3.71. The topological polar surface area (TPSA) is 149 Å². The highest BCUT2D eigenvalue weighted by Gasteiger charge is 2.43. The van der Waals surface area contributed by atoms with E-state index in [9.17, 15) is 19.2 Å². The van der Waals surface area contributed by atoms with Crippen molar-refractivity contribution in [2.75, 3.05) is 18.8 Å². The normalized spacial score (nSPS) is 23.5. The van der Waals surface area contributed by atoms with Crippen molar-refractivity contribution in [1.82, 2.24) is 30.8 Å². The lowest BCUT2D eigenvalue weighted by Gasteiger charge is -2.17. The standard InChI is InChI=1S/C25H24N6O5S3/c32-19(11-17-21-16(12-37-17)27-23(34)30-21)26-8-3-9-31-22(33)18(38-25(31)35)10-13-6-7-20(36-13)39-24-28-14-4-1-2-5-15(14)29-24/h1-2,4-7,10,16-17,21H,3,8-9,11-12H2,(H,26,32)(H,28,29)(H2,27,30,34)/b18-10-/t16?,17-,21-/m0/s1. The van der Waals surface area contributed by atoms with Gasteiger partial charge < -0.3 is 25.4 Å². The number of amides is 5. The van der Waals surface area contributed by atoms with Crippen LogP contribution in [-0.2, 0) is 9.59 Å². The predicted molar refractivity (Wildman–Crippen MR) is 149 cm³/mol. The number of hydrogen-bond donors (Lipinski definition) is 4. The first-order chi connectivity index (χ1) is 18.9. The van der Waals surface area contributed by atoms with Crippen LogP contribution >= 0.6 is 35.3 Å². The van der Waals surface area contributed by atoms with Crippen molar-refractivity contribution in [2.45, 2.75) is 40.4 Å². The molecule has 3 aromatic rings. The van der Waals surface area contributed by atoms with Gasteiger partial charge in [0.15, 0.2) is 10.2 Å². The zero-order valence-electron chi connectivity index (χ0n) is 20.5. The molecule has 39 heavy (non-hydrogen) atoms. The number of rotatable bonds is 9. The van der Waals surface area contributed by atoms with Gasteiger partial charge in [0.25, 0.3) is 11.1 Å². The van der Waals surface area contributed by atoms with E-state index in [4.69, 9.17) is 4.42 Å². The maximum atomic E-state index is 12.8. The molecule has 3 aliphatic rings. The Hall–Kier alpha value is -3.36. The number of aromatic amines is 1. The number of imidazole rings is 1. The molecular weight excluding hydrogens is 561 g/mol. The molecule has 3 aliphatic heterocycles. The highest BCUT2D eigenvalue weighted by Crippen LogP contribution is 2.35. The van der Waals surface area contributed by atoms with Crippen LogP contribution in [0.4, 0.5) is 9.59 Å². The number of urea groups is 1. The van der Waals surface area contributed by atoms with E-state index in [0.717, 1.165) is 28.5 Å². The van der Waals surface area contributed by atoms with Crippen LogP contribution in [0.2, 0.25) is 0 Å². The van der Waals surface area contributed by atoms with Crippen LogP contribution in [0.5, 0.6) is 0 Å². The summed E-state index contributed by atoms with van der Waals surface area (Å²) < 4.78 is 5.83. The van der Waals surface area contributed by atoms with E-state index in [0.29, 0.717) is 40.3 Å². The number of thioether (sulfide) groups is 2. The Balaban J connectivity index is 0.973. The molecule has 11 nitrogen and oxygen atoms in total. The lowest BCUT2D eigenvalue weighted by molar-refractivity contribution is -0.122. The van der Waals surface area contributed by atoms with Crippen LogP contribution in [0.15, 0.2) is 56.0 Å². The minimum Gasteiger partial charge on any atom is -0.450 e. The highest BCUT2D eigenvalue weighted by molar-refractivity contribution is 8.18. The molecule has 4 N–H and O–H groups in total. The van der Waals surface area contributed by atoms with E-state index >= 15 is 0 Å². The van der Waals surface area contributed by atoms with E-state index in [1.807, 2.05) is 24.3 Å². The molecule has 14 heteroatoms. The molecule has 1 aromatic carbocycles. The molecule has 202 valence electrons. The number of nitrogens with one attached hydrogen (secondary N) is 4. The molecule has 3 atom stereocenters. The fourth-order valence-corrected chi connectivity index (χ4v) is 7.74. The summed E-state index contributed by atoms with van der Waals surface area (Å²) in [5, 5.41) is 9.56. The minimum atomic E-state index is -0.378. The maximum Gasteiger partial charge on any atom is 0.315 e. The Labute approximate surface area is 235 Å². The summed E-state index contributed by atoms with van der Waals surface area (Å²) in [6, 6.07) is 11.1. The molecule has 0 radical (unpaired) electrons. The summed E-state index contributed by atoms with van der Waals surface area (Å²) in [7, 11) is 0. The van der Waals surface area contributed by atoms with Crippen molar-refractivity contribution in [3.63, 3.8) is 0 Å². The SMILES string of the molecule is O=C(C[C@@H]1SCC2NC(=O)N[C@@H]21)NCCCN1C(=O)S/C(=C\c2ccc(Sc3nc4ccccc4[nH]3)o2)C1=O. The summed E-state index contributed by atoms with van der Waals surface area (Å²) >= 11 is 3.88. The molecule has 0 bridgehead atoms. The smallest absolute Gasteiger partial charge is 0.315 e. The lowest BCUT2D eigenvalue weighted by atomic mass is 10.1. The van der Waals surface area contributed by atoms with Crippen LogP contribution in [0.25, 0.3) is 17.1 Å². The number of nitrogens with zero attached hydrogens (tertiary/aromatic N) is 2. The number of benzene rings is 1. The van der Waals surface area contributed by atoms with Gasteiger partial charge in [-0.1, -0.05) is 12.1 Å². The van der Waals surface area contributed by atoms with Gasteiger partial charge in [-0.3, -0.25) is 19.3 Å². The van der Waals surface area contributed by atoms with Crippen LogP contribution in [0.1, 0.15) is 18.6 Å². The van der Waals surface area contributed by atoms with E-state index < -0.39 is 0 Å². The largest absolute Gasteiger partial charge is 0.450 e. The number of carbonyl (C=O) groups is 4. The van der Waals surface area contributed by atoms with Gasteiger partial charge >= 0.3 is 6.03 Å². The molecule has 2 aromatic heterocycles. The van der Waals surface area contributed by atoms with Gasteiger partial charge in [0.2, 0.25) is 5.91 Å². The highest BCUT2D eigenvalue weighted by atomic mass is 32.2. The lowest BCUT2D eigenvalue weighted by Crippen LogP contribution is -2.40. The van der Waals surface area contributed by atoms with Crippen molar-refractivity contribution >= 4 is 75.5 Å². The zero-order valence-corrected chi connectivity index (χ0v) is 22.9. The Morgan fingerprint density at radius 3 is 2.95 bits per heavy atom. The fraction of sp³-hybridized carbons (Fsp3) is 0.320. The monoisotopic (exact) mass is 584 g/mol. The number of carbonyl (C=O) groups excluding carboxylic acids is 4. The van der Waals surface area contributed by atoms with Gasteiger partial charge in [0.05, 0.1) is 28.0 Å². The number of imide groups is 1. The van der Waals surface area contributed by atoms with Gasteiger partial charge in [-0.25, -0.2) is 9.78 Å². The molecule has 1 unspecified atom stereocenters. The van der Waals surface area contributed by atoms with E-state index in [-0.39, 0.29) is 47.0 Å². The first-order valence-electron chi connectivity index (χ1n) is 12.4. The number of fused-ring (bicyclic) bond motifs is 2. The number of aromatic nitrogens is 2. The summed E-state index contributed by atoms with van der Waals surface area (Å²) in [6.07, 6.45) is 2.31. The van der Waals surface area contributed by atoms with Crippen molar-refractivity contribution in [1.29, 1.82) is 0 Å². The molecule has 0 saturated carbocycles. The summed E-state index contributed by atoms with van der Waals surface area (Å²) in [5.41, 5.74) is 1.80. The number of H-pyrrole nitrogens is 1. The number of hydrogen-bond acceptors (Lipinski definition) is 9. The van der Waals surface area contributed by atoms with E-state index in [1.165, 1.54) is 16.7 Å². The van der Waals surface area contributed by atoms with Crippen LogP contribution in [0.3, 0.4) is 0 Å². The molecule has 3 fully saturated rings. The Morgan fingerprint density at radius 2 is 2.08 bits per heavy atom. The molecule has 3 saturated heterocycles. The van der Waals surface area contributed by atoms with Gasteiger partial charge in [0, 0.05) is 36.6 Å². The van der Waals surface area contributed by atoms with Crippen LogP contribution in [-0.4, -0.2) is 74.1 Å². The Morgan fingerprint density at radius 1 is 1.21 bits per heavy atom. The second-order valence-electron chi connectivity index (χ2n) is 9.18. The first-order valence-corrected chi connectivity index (χ1v) is 15.0. The molecule has 5 amide bonds. The van der Waals surface area contributed by atoms with Gasteiger partial charge in [-0.15, -0.1) is 0 Å². The quantitative estimate of drug-likeness (QED) is 0.169. The van der Waals surface area contributed by atoms with Gasteiger partial charge in [0.1, 0.15) is 5.76 Å². The van der Waals surface area contributed by atoms with Gasteiger partial charge in [-0.2, -0.15) is 11.8 Å². The van der Waals surface area contributed by atoms with Crippen molar-refractivity contribution < 1.29 is 23.6 Å². The molecule has 5 heterocycles. The van der Waals surface area contributed by atoms with Crippen molar-refractivity contribution in [3.8, 4) is 0 Å². The zero-order chi connectivity index (χ0) is 26.9. The predicted octanol–water partition coefficient (Wildman–Crippen LogP) is 3.41. The first kappa shape index (κ1) is 25.9. The summed E-state index contributed by atoms with van der Waals surface area (Å²) in [4.78, 5) is 58.4. The Kier molecular flexibility index (Phi) is 7.32. The van der Waals surface area contributed by atoms with Crippen LogP contribution in [0, 0.1) is 0 Å². The molecule has 0 aliphatic carbocycles. The second-order valence-corrected chi connectivity index (χ2v) is 12.4. The maximum absolute atomic E-state index is 12.8. The summed E-state index contributed by atoms with van der Waals surface area (Å²) in [5.74, 6) is 0.759. The van der Waals surface area contributed by atoms with Crippen molar-refractivity contribution in [3.05, 3.63) is 47.1 Å². The molecular formula is C25H24N6O5S3. The third-order valence-electron chi connectivity index (χ3n) is 6.52.